The number of amides is 1. The van der Waals surface area contributed by atoms with Crippen LogP contribution in [-0.2, 0) is 0 Å². The first-order chi connectivity index (χ1) is 12.3. The molecule has 1 saturated heterocycles. The second-order valence-corrected chi connectivity index (χ2v) is 6.33. The van der Waals surface area contributed by atoms with E-state index in [1.807, 2.05) is 53.4 Å². The molecule has 5 heteroatoms. The van der Waals surface area contributed by atoms with Crippen LogP contribution in [0.5, 0.6) is 0 Å². The van der Waals surface area contributed by atoms with Gasteiger partial charge in [0.05, 0.1) is 0 Å². The highest BCUT2D eigenvalue weighted by Crippen LogP contribution is 2.28. The number of para-hydroxylation sites is 1. The minimum Gasteiger partial charge on any atom is -0.339 e. The van der Waals surface area contributed by atoms with Crippen molar-refractivity contribution in [1.29, 1.82) is 0 Å². The SMILES string of the molecule is O=C(c1ccccc1)N1CCC(c2nncn2-c2ccccc2)CC1. The number of nitrogens with zero attached hydrogens (tertiary/aromatic N) is 4. The maximum Gasteiger partial charge on any atom is 0.253 e. The molecule has 1 aliphatic rings. The first kappa shape index (κ1) is 15.6. The van der Waals surface area contributed by atoms with Crippen LogP contribution in [0.2, 0.25) is 0 Å². The summed E-state index contributed by atoms with van der Waals surface area (Å²) in [5, 5.41) is 8.46. The molecule has 3 aromatic rings. The summed E-state index contributed by atoms with van der Waals surface area (Å²) in [6.45, 7) is 1.50. The molecule has 0 radical (unpaired) electrons. The lowest BCUT2D eigenvalue weighted by molar-refractivity contribution is 0.0710. The van der Waals surface area contributed by atoms with Crippen molar-refractivity contribution in [3.05, 3.63) is 78.4 Å². The Bertz CT molecular complexity index is 836. The molecule has 0 N–H and O–H groups in total. The topological polar surface area (TPSA) is 51.0 Å². The van der Waals surface area contributed by atoms with E-state index in [0.29, 0.717) is 5.92 Å². The van der Waals surface area contributed by atoms with Gasteiger partial charge in [-0.1, -0.05) is 36.4 Å². The van der Waals surface area contributed by atoms with Crippen LogP contribution in [0.15, 0.2) is 67.0 Å². The zero-order valence-corrected chi connectivity index (χ0v) is 14.0. The van der Waals surface area contributed by atoms with E-state index >= 15 is 0 Å². The van der Waals surface area contributed by atoms with Crippen LogP contribution >= 0.6 is 0 Å². The largest absolute Gasteiger partial charge is 0.339 e. The Balaban J connectivity index is 1.47. The molecule has 0 saturated carbocycles. The van der Waals surface area contributed by atoms with E-state index in [-0.39, 0.29) is 5.91 Å². The Morgan fingerprint density at radius 3 is 2.24 bits per heavy atom. The lowest BCUT2D eigenvalue weighted by Gasteiger charge is -2.31. The van der Waals surface area contributed by atoms with E-state index in [2.05, 4.69) is 26.9 Å². The van der Waals surface area contributed by atoms with Gasteiger partial charge in [-0.2, -0.15) is 0 Å². The molecule has 0 atom stereocenters. The van der Waals surface area contributed by atoms with Gasteiger partial charge in [0.2, 0.25) is 0 Å². The molecule has 25 heavy (non-hydrogen) atoms. The summed E-state index contributed by atoms with van der Waals surface area (Å²) in [5.41, 5.74) is 1.83. The Kier molecular flexibility index (Phi) is 4.29. The van der Waals surface area contributed by atoms with E-state index < -0.39 is 0 Å². The number of hydrogen-bond acceptors (Lipinski definition) is 3. The number of carbonyl (C=O) groups excluding carboxylic acids is 1. The van der Waals surface area contributed by atoms with Gasteiger partial charge in [0.1, 0.15) is 12.2 Å². The molecule has 0 spiro atoms. The van der Waals surface area contributed by atoms with E-state index in [4.69, 9.17) is 0 Å². The zero-order valence-electron chi connectivity index (χ0n) is 14.0. The summed E-state index contributed by atoms with van der Waals surface area (Å²) in [5.74, 6) is 1.42. The van der Waals surface area contributed by atoms with Gasteiger partial charge in [0.25, 0.3) is 5.91 Å². The van der Waals surface area contributed by atoms with Crippen molar-refractivity contribution in [1.82, 2.24) is 19.7 Å². The highest BCUT2D eigenvalue weighted by atomic mass is 16.2. The van der Waals surface area contributed by atoms with Gasteiger partial charge >= 0.3 is 0 Å². The van der Waals surface area contributed by atoms with Crippen molar-refractivity contribution in [2.24, 2.45) is 0 Å². The summed E-state index contributed by atoms with van der Waals surface area (Å²) >= 11 is 0. The first-order valence-corrected chi connectivity index (χ1v) is 8.62. The fraction of sp³-hybridized carbons (Fsp3) is 0.250. The Hall–Kier alpha value is -2.95. The normalized spacial score (nSPS) is 15.3. The van der Waals surface area contributed by atoms with Crippen LogP contribution in [0.4, 0.5) is 0 Å². The van der Waals surface area contributed by atoms with Crippen molar-refractivity contribution >= 4 is 5.91 Å². The van der Waals surface area contributed by atoms with E-state index in [0.717, 1.165) is 43.0 Å². The lowest BCUT2D eigenvalue weighted by Crippen LogP contribution is -2.38. The van der Waals surface area contributed by atoms with E-state index in [9.17, 15) is 4.79 Å². The smallest absolute Gasteiger partial charge is 0.253 e. The van der Waals surface area contributed by atoms with Crippen LogP contribution in [0.3, 0.4) is 0 Å². The van der Waals surface area contributed by atoms with Crippen molar-refractivity contribution in [2.45, 2.75) is 18.8 Å². The van der Waals surface area contributed by atoms with Crippen LogP contribution in [0.1, 0.15) is 34.9 Å². The molecular weight excluding hydrogens is 312 g/mol. The second-order valence-electron chi connectivity index (χ2n) is 6.33. The number of rotatable bonds is 3. The maximum absolute atomic E-state index is 12.6. The van der Waals surface area contributed by atoms with Crippen molar-refractivity contribution in [2.75, 3.05) is 13.1 Å². The number of likely N-dealkylation sites (tertiary alicyclic amines) is 1. The third-order valence-corrected chi connectivity index (χ3v) is 4.78. The highest BCUT2D eigenvalue weighted by molar-refractivity contribution is 5.94. The molecule has 1 amide bonds. The Morgan fingerprint density at radius 1 is 0.920 bits per heavy atom. The highest BCUT2D eigenvalue weighted by Gasteiger charge is 2.27. The summed E-state index contributed by atoms with van der Waals surface area (Å²) in [7, 11) is 0. The average molecular weight is 332 g/mol. The molecule has 1 aromatic heterocycles. The summed E-state index contributed by atoms with van der Waals surface area (Å²) in [4.78, 5) is 14.5. The molecular formula is C20H20N4O. The van der Waals surface area contributed by atoms with Crippen molar-refractivity contribution < 1.29 is 4.79 Å². The molecule has 0 unspecified atom stereocenters. The number of benzene rings is 2. The average Bonchev–Trinajstić information content (AvgIpc) is 3.19. The summed E-state index contributed by atoms with van der Waals surface area (Å²) in [6.07, 6.45) is 3.58. The van der Waals surface area contributed by atoms with Gasteiger partial charge in [-0.15, -0.1) is 10.2 Å². The quantitative estimate of drug-likeness (QED) is 0.739. The summed E-state index contributed by atoms with van der Waals surface area (Å²) in [6, 6.07) is 19.6. The number of aromatic nitrogens is 3. The van der Waals surface area contributed by atoms with Gasteiger partial charge in [-0.25, -0.2) is 0 Å². The molecule has 0 bridgehead atoms. The first-order valence-electron chi connectivity index (χ1n) is 8.62. The van der Waals surface area contributed by atoms with Crippen LogP contribution in [0, 0.1) is 0 Å². The molecule has 2 aromatic carbocycles. The predicted octanol–water partition coefficient (Wildman–Crippen LogP) is 3.29. The number of carbonyl (C=O) groups is 1. The fourth-order valence-corrected chi connectivity index (χ4v) is 3.41. The maximum atomic E-state index is 12.6. The Morgan fingerprint density at radius 2 is 1.56 bits per heavy atom. The third kappa shape index (κ3) is 3.18. The van der Waals surface area contributed by atoms with E-state index in [1.165, 1.54) is 0 Å². The number of hydrogen-bond donors (Lipinski definition) is 0. The molecule has 0 aliphatic carbocycles. The van der Waals surface area contributed by atoms with Gasteiger partial charge < -0.3 is 4.90 Å². The monoisotopic (exact) mass is 332 g/mol. The summed E-state index contributed by atoms with van der Waals surface area (Å²) < 4.78 is 2.05. The fourth-order valence-electron chi connectivity index (χ4n) is 3.41. The third-order valence-electron chi connectivity index (χ3n) is 4.78. The van der Waals surface area contributed by atoms with E-state index in [1.54, 1.807) is 6.33 Å². The van der Waals surface area contributed by atoms with Gasteiger partial charge in [-0.3, -0.25) is 9.36 Å². The van der Waals surface area contributed by atoms with Crippen LogP contribution in [0.25, 0.3) is 5.69 Å². The van der Waals surface area contributed by atoms with Gasteiger partial charge in [0, 0.05) is 30.3 Å². The predicted molar refractivity (Wildman–Crippen MR) is 95.7 cm³/mol. The van der Waals surface area contributed by atoms with Crippen LogP contribution < -0.4 is 0 Å². The van der Waals surface area contributed by atoms with Crippen molar-refractivity contribution in [3.8, 4) is 5.69 Å². The molecule has 126 valence electrons. The zero-order chi connectivity index (χ0) is 17.1. The van der Waals surface area contributed by atoms with Crippen LogP contribution in [-0.4, -0.2) is 38.7 Å². The van der Waals surface area contributed by atoms with Gasteiger partial charge in [0.15, 0.2) is 0 Å². The molecule has 4 rings (SSSR count). The molecule has 2 heterocycles. The number of piperidine rings is 1. The molecule has 1 fully saturated rings. The minimum atomic E-state index is 0.114. The van der Waals surface area contributed by atoms with Gasteiger partial charge in [-0.05, 0) is 37.1 Å². The lowest BCUT2D eigenvalue weighted by atomic mass is 9.95. The second kappa shape index (κ2) is 6.89. The minimum absolute atomic E-state index is 0.114. The standard InChI is InChI=1S/C20H20N4O/c25-20(17-7-3-1-4-8-17)23-13-11-16(12-14-23)19-22-21-15-24(19)18-9-5-2-6-10-18/h1-10,15-16H,11-14H2. The Labute approximate surface area is 146 Å². The molecule has 1 aliphatic heterocycles. The van der Waals surface area contributed by atoms with Crippen molar-refractivity contribution in [3.63, 3.8) is 0 Å². The molecule has 5 nitrogen and oxygen atoms in total.